The van der Waals surface area contributed by atoms with Crippen molar-refractivity contribution in [2.24, 2.45) is 17.3 Å². The predicted molar refractivity (Wildman–Crippen MR) is 107 cm³/mol. The maximum atomic E-state index is 4.68. The molecule has 0 amide bonds. The fourth-order valence-electron chi connectivity index (χ4n) is 3.15. The van der Waals surface area contributed by atoms with E-state index >= 15 is 0 Å². The third-order valence-electron chi connectivity index (χ3n) is 4.35. The van der Waals surface area contributed by atoms with Crippen LogP contribution >= 0.6 is 11.3 Å². The van der Waals surface area contributed by atoms with Gasteiger partial charge in [-0.1, -0.05) is 61.2 Å². The molecule has 0 saturated carbocycles. The van der Waals surface area contributed by atoms with Crippen LogP contribution < -0.4 is 17.0 Å². The fourth-order valence-corrected chi connectivity index (χ4v) is 3.84. The topological polar surface area (TPSA) is 33.5 Å². The number of aryl methyl sites for hydroxylation is 1. The van der Waals surface area contributed by atoms with E-state index < -0.39 is 0 Å². The number of aromatic nitrogens is 2. The summed E-state index contributed by atoms with van der Waals surface area (Å²) in [6, 6.07) is 18.6. The monoisotopic (exact) mass is 394 g/mol. The summed E-state index contributed by atoms with van der Waals surface area (Å²) < 4.78 is 4.22. The maximum absolute atomic E-state index is 4.68. The molecule has 0 aliphatic heterocycles. The Morgan fingerprint density at radius 2 is 1.81 bits per heavy atom. The number of halogens is 1. The van der Waals surface area contributed by atoms with E-state index in [1.54, 1.807) is 11.3 Å². The molecule has 0 fully saturated rings. The van der Waals surface area contributed by atoms with Crippen LogP contribution in [0.1, 0.15) is 0 Å². The highest BCUT2D eigenvalue weighted by Gasteiger charge is 2.19. The first-order chi connectivity index (χ1) is 12.8. The summed E-state index contributed by atoms with van der Waals surface area (Å²) in [4.78, 5) is 0. The lowest BCUT2D eigenvalue weighted by Gasteiger charge is -2.04. The molecule has 0 aliphatic carbocycles. The Morgan fingerprint density at radius 3 is 2.59 bits per heavy atom. The van der Waals surface area contributed by atoms with Gasteiger partial charge in [-0.05, 0) is 22.5 Å². The Kier molecular flexibility index (Phi) is 5.84. The summed E-state index contributed by atoms with van der Waals surface area (Å²) >= 11 is 1.57. The van der Waals surface area contributed by atoms with E-state index in [1.165, 1.54) is 0 Å². The van der Waals surface area contributed by atoms with Gasteiger partial charge in [-0.15, -0.1) is 0 Å². The van der Waals surface area contributed by atoms with Crippen molar-refractivity contribution >= 4 is 33.1 Å². The van der Waals surface area contributed by atoms with Gasteiger partial charge >= 0.3 is 5.13 Å². The molecular formula is C21H19ClN4S. The van der Waals surface area contributed by atoms with Crippen LogP contribution in [0.25, 0.3) is 22.2 Å². The van der Waals surface area contributed by atoms with E-state index in [-0.39, 0.29) is 12.4 Å². The van der Waals surface area contributed by atoms with Crippen LogP contribution in [-0.4, -0.2) is 4.57 Å². The van der Waals surface area contributed by atoms with Gasteiger partial charge in [-0.3, -0.25) is 0 Å². The van der Waals surface area contributed by atoms with Gasteiger partial charge in [0.15, 0.2) is 0 Å². The Labute approximate surface area is 168 Å². The third-order valence-corrected chi connectivity index (χ3v) is 5.13. The Hall–Kier alpha value is -2.76. The molecule has 0 spiro atoms. The second-order valence-electron chi connectivity index (χ2n) is 5.97. The zero-order chi connectivity index (χ0) is 17.9. The lowest BCUT2D eigenvalue weighted by molar-refractivity contribution is -0.670. The number of hydrogen-bond acceptors (Lipinski definition) is 3. The molecule has 0 radical (unpaired) electrons. The number of nitrogens with zero attached hydrogens (tertiary/aromatic N) is 4. The number of rotatable bonds is 5. The zero-order valence-electron chi connectivity index (χ0n) is 14.9. The summed E-state index contributed by atoms with van der Waals surface area (Å²) in [5, 5.41) is 13.2. The van der Waals surface area contributed by atoms with Crippen LogP contribution in [0.5, 0.6) is 0 Å². The van der Waals surface area contributed by atoms with Gasteiger partial charge in [0.1, 0.15) is 18.4 Å². The number of azo groups is 1. The van der Waals surface area contributed by atoms with Crippen molar-refractivity contribution in [2.75, 3.05) is 0 Å². The molecule has 0 N–H and O–H groups in total. The van der Waals surface area contributed by atoms with Gasteiger partial charge in [-0.2, -0.15) is 0 Å². The SMILES string of the molecule is C=CC[n+]1ccsc1/N=N/c1c(-c2ccccc2)n(C)c2ccccc12.[Cl-]. The molecule has 2 heterocycles. The Balaban J connectivity index is 0.00000210. The molecule has 0 bridgehead atoms. The number of fused-ring (bicyclic) bond motifs is 1. The summed E-state index contributed by atoms with van der Waals surface area (Å²) in [5.41, 5.74) is 4.24. The highest BCUT2D eigenvalue weighted by molar-refractivity contribution is 7.12. The molecule has 0 atom stereocenters. The van der Waals surface area contributed by atoms with Crippen molar-refractivity contribution in [3.05, 3.63) is 78.8 Å². The van der Waals surface area contributed by atoms with E-state index in [2.05, 4.69) is 58.8 Å². The number of allylic oxidation sites excluding steroid dienone is 1. The van der Waals surface area contributed by atoms with E-state index in [9.17, 15) is 0 Å². The van der Waals surface area contributed by atoms with Gasteiger partial charge in [0.05, 0.1) is 16.3 Å². The maximum Gasteiger partial charge on any atom is 0.408 e. The van der Waals surface area contributed by atoms with Crippen LogP contribution in [0.3, 0.4) is 0 Å². The summed E-state index contributed by atoms with van der Waals surface area (Å²) in [6.45, 7) is 4.52. The fraction of sp³-hybridized carbons (Fsp3) is 0.0952. The van der Waals surface area contributed by atoms with Crippen molar-refractivity contribution in [2.45, 2.75) is 6.54 Å². The largest absolute Gasteiger partial charge is 1.00 e. The van der Waals surface area contributed by atoms with Gasteiger partial charge in [0.25, 0.3) is 0 Å². The van der Waals surface area contributed by atoms with Gasteiger partial charge in [-0.25, -0.2) is 4.57 Å². The van der Waals surface area contributed by atoms with Crippen molar-refractivity contribution in [1.82, 2.24) is 4.57 Å². The van der Waals surface area contributed by atoms with E-state index in [0.29, 0.717) is 0 Å². The average molecular weight is 395 g/mol. The second-order valence-corrected chi connectivity index (χ2v) is 6.84. The number of benzene rings is 2. The zero-order valence-corrected chi connectivity index (χ0v) is 16.5. The minimum absolute atomic E-state index is 0. The standard InChI is InChI=1S/C21H19N4S.ClH/c1-3-13-25-14-15-26-21(25)23-22-19-17-11-7-8-12-18(17)24(2)20(19)16-9-5-4-6-10-16;/h3-12,14-15H,1,13H2,2H3;1H/q+1;/p-1. The van der Waals surface area contributed by atoms with Crippen molar-refractivity contribution in [3.63, 3.8) is 0 Å². The van der Waals surface area contributed by atoms with Crippen molar-refractivity contribution < 1.29 is 17.0 Å². The van der Waals surface area contributed by atoms with E-state index in [0.717, 1.165) is 39.5 Å². The first-order valence-corrected chi connectivity index (χ1v) is 9.30. The third kappa shape index (κ3) is 3.56. The molecule has 0 unspecified atom stereocenters. The molecule has 6 heteroatoms. The summed E-state index contributed by atoms with van der Waals surface area (Å²) in [6.07, 6.45) is 3.86. The minimum atomic E-state index is 0. The van der Waals surface area contributed by atoms with Crippen LogP contribution in [0.15, 0.2) is 89.1 Å². The van der Waals surface area contributed by atoms with Crippen LogP contribution in [0, 0.1) is 0 Å². The molecule has 136 valence electrons. The number of para-hydroxylation sites is 1. The van der Waals surface area contributed by atoms with Crippen LogP contribution in [0.4, 0.5) is 10.8 Å². The molecular weight excluding hydrogens is 376 g/mol. The van der Waals surface area contributed by atoms with Gasteiger partial charge in [0.2, 0.25) is 0 Å². The molecule has 2 aromatic carbocycles. The van der Waals surface area contributed by atoms with Crippen molar-refractivity contribution in [3.8, 4) is 11.3 Å². The molecule has 4 nitrogen and oxygen atoms in total. The highest BCUT2D eigenvalue weighted by atomic mass is 35.5. The van der Waals surface area contributed by atoms with Crippen LogP contribution in [-0.2, 0) is 13.6 Å². The first kappa shape index (κ1) is 19.0. The lowest BCUT2D eigenvalue weighted by atomic mass is 10.1. The van der Waals surface area contributed by atoms with Crippen LogP contribution in [0.2, 0.25) is 0 Å². The quantitative estimate of drug-likeness (QED) is 0.283. The van der Waals surface area contributed by atoms with E-state index in [4.69, 9.17) is 0 Å². The minimum Gasteiger partial charge on any atom is -1.00 e. The molecule has 4 rings (SSSR count). The average Bonchev–Trinajstić information content (AvgIpc) is 3.23. The Morgan fingerprint density at radius 1 is 1.07 bits per heavy atom. The highest BCUT2D eigenvalue weighted by Crippen LogP contribution is 2.40. The molecule has 0 saturated heterocycles. The van der Waals surface area contributed by atoms with E-state index in [1.807, 2.05) is 46.5 Å². The first-order valence-electron chi connectivity index (χ1n) is 8.42. The normalized spacial score (nSPS) is 11.0. The number of hydrogen-bond donors (Lipinski definition) is 0. The molecule has 0 aliphatic rings. The molecule has 4 aromatic rings. The molecule has 27 heavy (non-hydrogen) atoms. The van der Waals surface area contributed by atoms with Gasteiger partial charge < -0.3 is 17.0 Å². The summed E-state index contributed by atoms with van der Waals surface area (Å²) in [5.74, 6) is 0. The van der Waals surface area contributed by atoms with Crippen molar-refractivity contribution in [1.29, 1.82) is 0 Å². The summed E-state index contributed by atoms with van der Waals surface area (Å²) in [7, 11) is 2.08. The predicted octanol–water partition coefficient (Wildman–Crippen LogP) is 2.80. The Bertz CT molecular complexity index is 1100. The second kappa shape index (κ2) is 8.29. The smallest absolute Gasteiger partial charge is 0.408 e. The molecule has 2 aromatic heterocycles. The lowest BCUT2D eigenvalue weighted by Crippen LogP contribution is -3.00. The van der Waals surface area contributed by atoms with Gasteiger partial charge in [0, 0.05) is 23.4 Å². The number of thiazole rings is 1.